The molecule has 256 valence electrons. The van der Waals surface area contributed by atoms with Gasteiger partial charge >= 0.3 is 0 Å². The number of hydrogen-bond donors (Lipinski definition) is 2. The van der Waals surface area contributed by atoms with Crippen molar-refractivity contribution in [1.29, 1.82) is 5.26 Å². The molecule has 0 aliphatic carbocycles. The van der Waals surface area contributed by atoms with Gasteiger partial charge in [0.1, 0.15) is 23.2 Å². The number of nitriles is 1. The lowest BCUT2D eigenvalue weighted by atomic mass is 9.95. The van der Waals surface area contributed by atoms with E-state index in [9.17, 15) is 5.26 Å². The van der Waals surface area contributed by atoms with E-state index in [0.29, 0.717) is 11.4 Å². The number of para-hydroxylation sites is 1. The molecule has 0 saturated carbocycles. The highest BCUT2D eigenvalue weighted by molar-refractivity contribution is 6.10. The molecule has 1 aliphatic rings. The molecule has 0 amide bonds. The van der Waals surface area contributed by atoms with E-state index >= 15 is 0 Å². The number of furan rings is 1. The zero-order chi connectivity index (χ0) is 36.4. The highest BCUT2D eigenvalue weighted by Crippen LogP contribution is 2.38. The van der Waals surface area contributed by atoms with Crippen molar-refractivity contribution in [2.45, 2.75) is 6.17 Å². The van der Waals surface area contributed by atoms with E-state index in [1.54, 1.807) is 0 Å². The molecule has 1 unspecified atom stereocenters. The van der Waals surface area contributed by atoms with Gasteiger partial charge in [0.05, 0.1) is 11.6 Å². The number of allylic oxidation sites excluding steroid dienone is 2. The minimum atomic E-state index is -0.323. The molecule has 5 nitrogen and oxygen atoms in total. The van der Waals surface area contributed by atoms with Crippen LogP contribution in [0.3, 0.4) is 0 Å². The Bertz CT molecular complexity index is 2770. The Balaban J connectivity index is 0.948. The van der Waals surface area contributed by atoms with E-state index in [-0.39, 0.29) is 6.17 Å². The maximum absolute atomic E-state index is 9.22. The van der Waals surface area contributed by atoms with Crippen LogP contribution in [0.2, 0.25) is 0 Å². The molecule has 0 spiro atoms. The Hall–Kier alpha value is -7.42. The fourth-order valence-electron chi connectivity index (χ4n) is 7.15. The number of rotatable bonds is 7. The summed E-state index contributed by atoms with van der Waals surface area (Å²) in [5, 5.41) is 14.8. The number of nitrogens with one attached hydrogen (secondary N) is 1. The molecule has 54 heavy (non-hydrogen) atoms. The second-order valence-corrected chi connectivity index (χ2v) is 13.4. The number of hydrogen-bond acceptors (Lipinski definition) is 4. The van der Waals surface area contributed by atoms with E-state index in [1.807, 2.05) is 85.1 Å². The van der Waals surface area contributed by atoms with Crippen molar-refractivity contribution in [2.75, 3.05) is 0 Å². The first-order valence-corrected chi connectivity index (χ1v) is 17.9. The van der Waals surface area contributed by atoms with Gasteiger partial charge < -0.3 is 15.5 Å². The van der Waals surface area contributed by atoms with Crippen molar-refractivity contribution in [2.24, 2.45) is 10.7 Å². The number of fused-ring (bicyclic) bond motifs is 3. The molecule has 2 heterocycles. The molecule has 0 bridgehead atoms. The highest BCUT2D eigenvalue weighted by Gasteiger charge is 2.20. The van der Waals surface area contributed by atoms with Crippen LogP contribution in [0.4, 0.5) is 0 Å². The van der Waals surface area contributed by atoms with Crippen molar-refractivity contribution in [1.82, 2.24) is 5.32 Å². The first-order valence-electron chi connectivity index (χ1n) is 17.9. The summed E-state index contributed by atoms with van der Waals surface area (Å²) >= 11 is 0. The van der Waals surface area contributed by atoms with Gasteiger partial charge in [-0.1, -0.05) is 146 Å². The Morgan fingerprint density at radius 2 is 1.20 bits per heavy atom. The summed E-state index contributed by atoms with van der Waals surface area (Å²) in [7, 11) is 0. The van der Waals surface area contributed by atoms with Crippen LogP contribution in [0.15, 0.2) is 192 Å². The fraction of sp³-hybridized carbons (Fsp3) is 0.0204. The Morgan fingerprint density at radius 1 is 0.593 bits per heavy atom. The van der Waals surface area contributed by atoms with E-state index in [4.69, 9.17) is 15.1 Å². The van der Waals surface area contributed by atoms with Gasteiger partial charge in [-0.25, -0.2) is 4.99 Å². The van der Waals surface area contributed by atoms with Crippen LogP contribution < -0.4 is 11.1 Å². The summed E-state index contributed by atoms with van der Waals surface area (Å²) in [5.74, 6) is 0.471. The monoisotopic (exact) mass is 694 g/mol. The maximum atomic E-state index is 9.22. The maximum Gasteiger partial charge on any atom is 0.147 e. The zero-order valence-corrected chi connectivity index (χ0v) is 29.3. The number of aliphatic imine (C=N–C) groups is 1. The summed E-state index contributed by atoms with van der Waals surface area (Å²) in [6.07, 6.45) is 3.89. The molecule has 0 fully saturated rings. The standard InChI is InChI=1S/C49H34N4O/c50-30-32-14-16-38(17-15-32)42-12-7-13-43-45-28-40(26-27-46(45)54-47(42)43)36-20-18-34(19-21-36)35-22-24-39(25-23-35)48(51)53-49-44(37-10-5-2-6-11-37)29-41(31-52-49)33-8-3-1-4-9-33/h1-29,31,49,52H,(H2,51,53). The summed E-state index contributed by atoms with van der Waals surface area (Å²) in [5.41, 5.74) is 20.7. The predicted octanol–water partition coefficient (Wildman–Crippen LogP) is 11.2. The Labute approximate surface area is 313 Å². The fourth-order valence-corrected chi connectivity index (χ4v) is 7.15. The van der Waals surface area contributed by atoms with Crippen molar-refractivity contribution >= 4 is 38.9 Å². The SMILES string of the molecule is N#Cc1ccc(-c2cccc3c2oc2ccc(-c4ccc(-c5ccc(C(N)=NC6NC=C(c7ccccc7)C=C6c6ccccc6)cc5)cc4)cc23)cc1. The molecule has 5 heteroatoms. The van der Waals surface area contributed by atoms with E-state index in [2.05, 4.69) is 108 Å². The van der Waals surface area contributed by atoms with Crippen LogP contribution in [-0.4, -0.2) is 12.0 Å². The first-order chi connectivity index (χ1) is 26.6. The van der Waals surface area contributed by atoms with E-state index in [0.717, 1.165) is 83.2 Å². The van der Waals surface area contributed by atoms with Gasteiger partial charge in [0.15, 0.2) is 0 Å². The molecule has 3 N–H and O–H groups in total. The lowest BCUT2D eigenvalue weighted by molar-refractivity contribution is 0.670. The average molecular weight is 695 g/mol. The van der Waals surface area contributed by atoms with Crippen LogP contribution in [0.25, 0.3) is 66.5 Å². The van der Waals surface area contributed by atoms with Crippen LogP contribution in [0, 0.1) is 11.3 Å². The van der Waals surface area contributed by atoms with Crippen LogP contribution in [0.1, 0.15) is 22.3 Å². The van der Waals surface area contributed by atoms with Crippen molar-refractivity contribution in [3.05, 3.63) is 204 Å². The molecule has 0 saturated heterocycles. The van der Waals surface area contributed by atoms with Crippen molar-refractivity contribution < 1.29 is 4.42 Å². The van der Waals surface area contributed by atoms with Crippen LogP contribution >= 0.6 is 0 Å². The summed E-state index contributed by atoms with van der Waals surface area (Å²) in [6, 6.07) is 59.9. The zero-order valence-electron chi connectivity index (χ0n) is 29.3. The van der Waals surface area contributed by atoms with Gasteiger partial charge in [-0.3, -0.25) is 0 Å². The normalized spacial score (nSPS) is 14.3. The quantitative estimate of drug-likeness (QED) is 0.128. The Kier molecular flexibility index (Phi) is 8.39. The molecular formula is C49H34N4O. The highest BCUT2D eigenvalue weighted by atomic mass is 16.3. The lowest BCUT2D eigenvalue weighted by Crippen LogP contribution is -2.30. The second-order valence-electron chi connectivity index (χ2n) is 13.4. The van der Waals surface area contributed by atoms with Gasteiger partial charge in [0, 0.05) is 33.7 Å². The molecule has 1 atom stereocenters. The number of nitrogens with zero attached hydrogens (tertiary/aromatic N) is 2. The topological polar surface area (TPSA) is 87.3 Å². The van der Waals surface area contributed by atoms with Gasteiger partial charge in [0.25, 0.3) is 0 Å². The molecule has 0 radical (unpaired) electrons. The van der Waals surface area contributed by atoms with Gasteiger partial charge in [-0.2, -0.15) is 5.26 Å². The lowest BCUT2D eigenvalue weighted by Gasteiger charge is -2.24. The summed E-state index contributed by atoms with van der Waals surface area (Å²) < 4.78 is 6.39. The van der Waals surface area contributed by atoms with E-state index < -0.39 is 0 Å². The van der Waals surface area contributed by atoms with Crippen LogP contribution in [-0.2, 0) is 0 Å². The summed E-state index contributed by atoms with van der Waals surface area (Å²) in [4.78, 5) is 4.96. The van der Waals surface area contributed by atoms with Crippen LogP contribution in [0.5, 0.6) is 0 Å². The smallest absolute Gasteiger partial charge is 0.147 e. The number of nitrogens with two attached hydrogens (primary N) is 1. The van der Waals surface area contributed by atoms with E-state index in [1.165, 1.54) is 0 Å². The third-order valence-electron chi connectivity index (χ3n) is 10.0. The third kappa shape index (κ3) is 6.23. The minimum absolute atomic E-state index is 0.323. The van der Waals surface area contributed by atoms with Gasteiger partial charge in [-0.05, 0) is 74.9 Å². The van der Waals surface area contributed by atoms with Gasteiger partial charge in [0.2, 0.25) is 0 Å². The third-order valence-corrected chi connectivity index (χ3v) is 10.0. The molecule has 7 aromatic carbocycles. The summed E-state index contributed by atoms with van der Waals surface area (Å²) in [6.45, 7) is 0. The molecular weight excluding hydrogens is 661 g/mol. The average Bonchev–Trinajstić information content (AvgIpc) is 3.63. The minimum Gasteiger partial charge on any atom is -0.455 e. The second kappa shape index (κ2) is 14.0. The molecule has 1 aliphatic heterocycles. The number of benzene rings is 7. The largest absolute Gasteiger partial charge is 0.455 e. The molecule has 1 aromatic heterocycles. The number of dihydropyridines is 1. The van der Waals surface area contributed by atoms with Crippen molar-refractivity contribution in [3.8, 4) is 39.4 Å². The van der Waals surface area contributed by atoms with Crippen molar-refractivity contribution in [3.63, 3.8) is 0 Å². The first kappa shape index (κ1) is 32.5. The molecule has 9 rings (SSSR count). The Morgan fingerprint density at radius 3 is 1.89 bits per heavy atom. The number of amidine groups is 1. The molecule has 8 aromatic rings. The predicted molar refractivity (Wildman–Crippen MR) is 221 cm³/mol. The van der Waals surface area contributed by atoms with Gasteiger partial charge in [-0.15, -0.1) is 0 Å².